The molecule has 0 spiro atoms. The summed E-state index contributed by atoms with van der Waals surface area (Å²) in [6, 6.07) is 8.40. The molecule has 1 aliphatic heterocycles. The smallest absolute Gasteiger partial charge is 0.410 e. The third kappa shape index (κ3) is 7.42. The van der Waals surface area contributed by atoms with E-state index in [1.54, 1.807) is 17.0 Å². The van der Waals surface area contributed by atoms with E-state index in [1.165, 1.54) is 18.2 Å². The number of nitrogens with zero attached hydrogens (tertiary/aromatic N) is 2. The molecule has 1 aliphatic rings. The second-order valence-corrected chi connectivity index (χ2v) is 9.06. The van der Waals surface area contributed by atoms with Gasteiger partial charge in [0.05, 0.1) is 10.2 Å². The molecule has 2 aromatic rings. The Morgan fingerprint density at radius 2 is 1.61 bits per heavy atom. The number of anilines is 2. The Kier molecular flexibility index (Phi) is 9.22. The number of hydrogen-bond acceptors (Lipinski definition) is 4. The molecule has 1 fully saturated rings. The highest BCUT2D eigenvalue weighted by atomic mass is 79.9. The molecule has 180 valence electrons. The van der Waals surface area contributed by atoms with Gasteiger partial charge < -0.3 is 19.9 Å². The van der Waals surface area contributed by atoms with Crippen LogP contribution >= 0.6 is 15.9 Å². The Labute approximate surface area is 202 Å². The molecule has 3 rings (SSSR count). The van der Waals surface area contributed by atoms with Gasteiger partial charge in [0.25, 0.3) is 5.91 Å². The van der Waals surface area contributed by atoms with Crippen molar-refractivity contribution in [1.29, 1.82) is 0 Å². The molecule has 6 nitrogen and oxygen atoms in total. The number of hydrogen-bond donors (Lipinski definition) is 1. The molecule has 2 aromatic carbocycles. The first-order valence-electron chi connectivity index (χ1n) is 10.8. The Morgan fingerprint density at radius 1 is 0.970 bits per heavy atom. The zero-order valence-corrected chi connectivity index (χ0v) is 21.1. The zero-order valence-electron chi connectivity index (χ0n) is 19.5. The lowest BCUT2D eigenvalue weighted by Gasteiger charge is -2.36. The van der Waals surface area contributed by atoms with E-state index in [9.17, 15) is 18.4 Å². The van der Waals surface area contributed by atoms with Crippen molar-refractivity contribution in [2.75, 3.05) is 36.4 Å². The molecule has 0 aromatic heterocycles. The summed E-state index contributed by atoms with van der Waals surface area (Å²) in [4.78, 5) is 27.9. The number of amides is 2. The minimum atomic E-state index is -0.567. The van der Waals surface area contributed by atoms with Crippen LogP contribution in [0, 0.1) is 11.6 Å². The van der Waals surface area contributed by atoms with E-state index in [1.807, 2.05) is 39.5 Å². The molecule has 0 saturated carbocycles. The lowest BCUT2D eigenvalue weighted by atomic mass is 10.2. The van der Waals surface area contributed by atoms with Gasteiger partial charge in [-0.15, -0.1) is 0 Å². The van der Waals surface area contributed by atoms with E-state index in [0.717, 1.165) is 6.07 Å². The highest BCUT2D eigenvalue weighted by Crippen LogP contribution is 2.25. The van der Waals surface area contributed by atoms with Crippen molar-refractivity contribution in [3.8, 4) is 0 Å². The topological polar surface area (TPSA) is 61.9 Å². The van der Waals surface area contributed by atoms with E-state index in [-0.39, 0.29) is 21.8 Å². The first-order chi connectivity index (χ1) is 15.5. The number of ether oxygens (including phenoxy) is 1. The van der Waals surface area contributed by atoms with Gasteiger partial charge in [0.2, 0.25) is 0 Å². The Balaban J connectivity index is 0.00000187. The van der Waals surface area contributed by atoms with Crippen molar-refractivity contribution in [1.82, 2.24) is 4.90 Å². The molecule has 2 amide bonds. The molecular formula is C24H30BrF2N3O3. The van der Waals surface area contributed by atoms with Crippen LogP contribution in [0.3, 0.4) is 0 Å². The predicted molar refractivity (Wildman–Crippen MR) is 130 cm³/mol. The Bertz CT molecular complexity index is 987. The van der Waals surface area contributed by atoms with E-state index in [2.05, 4.69) is 21.2 Å². The van der Waals surface area contributed by atoms with Crippen LogP contribution in [0.25, 0.3) is 0 Å². The fourth-order valence-corrected chi connectivity index (χ4v) is 3.38. The van der Waals surface area contributed by atoms with Crippen molar-refractivity contribution in [2.45, 2.75) is 40.2 Å². The van der Waals surface area contributed by atoms with E-state index >= 15 is 0 Å². The summed E-state index contributed by atoms with van der Waals surface area (Å²) >= 11 is 3.04. The molecule has 0 atom stereocenters. The number of rotatable bonds is 3. The number of carbonyl (C=O) groups is 2. The second kappa shape index (κ2) is 11.4. The van der Waals surface area contributed by atoms with Crippen LogP contribution in [0.4, 0.5) is 25.0 Å². The van der Waals surface area contributed by atoms with Gasteiger partial charge in [0, 0.05) is 37.4 Å². The summed E-state index contributed by atoms with van der Waals surface area (Å²) in [6.07, 6.45) is -0.380. The molecule has 1 N–H and O–H groups in total. The van der Waals surface area contributed by atoms with Crippen molar-refractivity contribution in [3.05, 3.63) is 58.1 Å². The van der Waals surface area contributed by atoms with Crippen LogP contribution in [0.2, 0.25) is 0 Å². The quantitative estimate of drug-likeness (QED) is 0.528. The predicted octanol–water partition coefficient (Wildman–Crippen LogP) is 6.06. The molecule has 0 unspecified atom stereocenters. The van der Waals surface area contributed by atoms with Gasteiger partial charge >= 0.3 is 6.09 Å². The SMILES string of the molecule is CC.CC(C)(C)OC(=O)N1CCN(c2ccc(NC(=O)c3ccc(Br)c(F)c3)cc2F)CC1. The maximum Gasteiger partial charge on any atom is 0.410 e. The lowest BCUT2D eigenvalue weighted by Crippen LogP contribution is -2.50. The summed E-state index contributed by atoms with van der Waals surface area (Å²) < 4.78 is 34.0. The van der Waals surface area contributed by atoms with Crippen LogP contribution in [0.5, 0.6) is 0 Å². The monoisotopic (exact) mass is 525 g/mol. The van der Waals surface area contributed by atoms with E-state index < -0.39 is 23.1 Å². The van der Waals surface area contributed by atoms with Gasteiger partial charge in [0.15, 0.2) is 0 Å². The third-order valence-electron chi connectivity index (χ3n) is 4.66. The minimum Gasteiger partial charge on any atom is -0.444 e. The first-order valence-corrected chi connectivity index (χ1v) is 11.6. The molecular weight excluding hydrogens is 496 g/mol. The Morgan fingerprint density at radius 3 is 2.15 bits per heavy atom. The number of halogens is 3. The van der Waals surface area contributed by atoms with Gasteiger partial charge in [-0.2, -0.15) is 0 Å². The van der Waals surface area contributed by atoms with Crippen molar-refractivity contribution >= 4 is 39.3 Å². The number of benzene rings is 2. The fraction of sp³-hybridized carbons (Fsp3) is 0.417. The van der Waals surface area contributed by atoms with Crippen LogP contribution in [0.15, 0.2) is 40.9 Å². The van der Waals surface area contributed by atoms with Gasteiger partial charge in [0.1, 0.15) is 17.2 Å². The van der Waals surface area contributed by atoms with Crippen LogP contribution in [0.1, 0.15) is 45.0 Å². The first kappa shape index (κ1) is 26.6. The van der Waals surface area contributed by atoms with Crippen LogP contribution < -0.4 is 10.2 Å². The van der Waals surface area contributed by atoms with Crippen molar-refractivity contribution < 1.29 is 23.1 Å². The molecule has 1 saturated heterocycles. The third-order valence-corrected chi connectivity index (χ3v) is 5.30. The zero-order chi connectivity index (χ0) is 24.8. The van der Waals surface area contributed by atoms with Gasteiger partial charge in [-0.3, -0.25) is 4.79 Å². The van der Waals surface area contributed by atoms with E-state index in [4.69, 9.17) is 4.74 Å². The molecule has 0 bridgehead atoms. The average molecular weight is 526 g/mol. The lowest BCUT2D eigenvalue weighted by molar-refractivity contribution is 0.0240. The molecule has 0 radical (unpaired) electrons. The number of carbonyl (C=O) groups excluding carboxylic acids is 2. The van der Waals surface area contributed by atoms with Gasteiger partial charge in [-0.1, -0.05) is 13.8 Å². The maximum absolute atomic E-state index is 14.7. The molecule has 33 heavy (non-hydrogen) atoms. The summed E-state index contributed by atoms with van der Waals surface area (Å²) in [6.45, 7) is 11.2. The second-order valence-electron chi connectivity index (χ2n) is 8.20. The highest BCUT2D eigenvalue weighted by Gasteiger charge is 2.27. The maximum atomic E-state index is 14.7. The standard InChI is InChI=1S/C22H24BrF2N3O3.C2H6/c1-22(2,3)31-21(30)28-10-8-27(9-11-28)19-7-5-15(13-18(19)25)26-20(29)14-4-6-16(23)17(24)12-14;1-2/h4-7,12-13H,8-11H2,1-3H3,(H,26,29);1-2H3. The van der Waals surface area contributed by atoms with Gasteiger partial charge in [-0.05, 0) is 73.1 Å². The van der Waals surface area contributed by atoms with Crippen molar-refractivity contribution in [3.63, 3.8) is 0 Å². The molecule has 0 aliphatic carbocycles. The normalized spacial score (nSPS) is 13.7. The van der Waals surface area contributed by atoms with Gasteiger partial charge in [-0.25, -0.2) is 13.6 Å². The largest absolute Gasteiger partial charge is 0.444 e. The Hall–Kier alpha value is -2.68. The summed E-state index contributed by atoms with van der Waals surface area (Å²) in [5.74, 6) is -1.59. The van der Waals surface area contributed by atoms with E-state index in [0.29, 0.717) is 31.9 Å². The van der Waals surface area contributed by atoms with Crippen molar-refractivity contribution in [2.24, 2.45) is 0 Å². The number of nitrogens with one attached hydrogen (secondary N) is 1. The molecule has 1 heterocycles. The number of piperazine rings is 1. The minimum absolute atomic E-state index is 0.128. The van der Waals surface area contributed by atoms with Crippen LogP contribution in [-0.2, 0) is 4.74 Å². The summed E-state index contributed by atoms with van der Waals surface area (Å²) in [7, 11) is 0. The highest BCUT2D eigenvalue weighted by molar-refractivity contribution is 9.10. The summed E-state index contributed by atoms with van der Waals surface area (Å²) in [5, 5.41) is 2.57. The average Bonchev–Trinajstić information content (AvgIpc) is 2.76. The van der Waals surface area contributed by atoms with Crippen LogP contribution in [-0.4, -0.2) is 48.7 Å². The fourth-order valence-electron chi connectivity index (χ4n) is 3.14. The molecule has 9 heteroatoms. The summed E-state index contributed by atoms with van der Waals surface area (Å²) in [5.41, 5.74) is 0.213.